The van der Waals surface area contributed by atoms with Gasteiger partial charge in [-0.1, -0.05) is 40.9 Å². The second kappa shape index (κ2) is 7.86. The third-order valence-electron chi connectivity index (χ3n) is 4.39. The first-order valence-electron chi connectivity index (χ1n) is 8.85. The Bertz CT molecular complexity index is 1300. The monoisotopic (exact) mass is 456 g/mol. The van der Waals surface area contributed by atoms with E-state index in [1.807, 2.05) is 0 Å². The molecule has 2 amide bonds. The molecule has 0 aliphatic carbocycles. The Morgan fingerprint density at radius 2 is 1.52 bits per heavy atom. The van der Waals surface area contributed by atoms with Crippen LogP contribution in [0, 0.1) is 0 Å². The highest BCUT2D eigenvalue weighted by atomic mass is 35.5. The number of imide groups is 1. The molecule has 10 heteroatoms. The maximum Gasteiger partial charge on any atom is 0.363 e. The summed E-state index contributed by atoms with van der Waals surface area (Å²) in [5.74, 6) is -2.62. The molecule has 1 aliphatic heterocycles. The van der Waals surface area contributed by atoms with Crippen LogP contribution in [-0.4, -0.2) is 31.3 Å². The molecule has 0 radical (unpaired) electrons. The van der Waals surface area contributed by atoms with Gasteiger partial charge in [0.1, 0.15) is 0 Å². The molecule has 31 heavy (non-hydrogen) atoms. The maximum absolute atomic E-state index is 12.7. The van der Waals surface area contributed by atoms with Crippen molar-refractivity contribution in [2.24, 2.45) is 0 Å². The van der Waals surface area contributed by atoms with Gasteiger partial charge in [0.15, 0.2) is 0 Å². The van der Waals surface area contributed by atoms with Crippen molar-refractivity contribution in [2.45, 2.75) is 4.90 Å². The number of carbonyl (C=O) groups is 3. The van der Waals surface area contributed by atoms with Gasteiger partial charge in [0.05, 0.1) is 27.3 Å². The van der Waals surface area contributed by atoms with Crippen LogP contribution in [0.1, 0.15) is 31.1 Å². The Balaban J connectivity index is 1.55. The van der Waals surface area contributed by atoms with Gasteiger partial charge in [0, 0.05) is 5.02 Å². The maximum atomic E-state index is 12.7. The lowest BCUT2D eigenvalue weighted by molar-refractivity contribution is -0.0584. The highest BCUT2D eigenvalue weighted by Crippen LogP contribution is 2.24. The third kappa shape index (κ3) is 4.00. The molecule has 8 nitrogen and oxygen atoms in total. The summed E-state index contributed by atoms with van der Waals surface area (Å²) in [5, 5.41) is 0.705. The topological polar surface area (TPSA) is 110 Å². The average molecular weight is 457 g/mol. The summed E-state index contributed by atoms with van der Waals surface area (Å²) in [7, 11) is -4.04. The molecule has 1 heterocycles. The molecule has 0 unspecified atom stereocenters. The number of halogens is 1. The zero-order chi connectivity index (χ0) is 22.2. The second-order valence-electron chi connectivity index (χ2n) is 6.47. The van der Waals surface area contributed by atoms with Crippen molar-refractivity contribution in [1.29, 1.82) is 0 Å². The van der Waals surface area contributed by atoms with Crippen molar-refractivity contribution in [3.8, 4) is 0 Å². The summed E-state index contributed by atoms with van der Waals surface area (Å²) in [6.07, 6.45) is 0. The molecule has 3 aromatic carbocycles. The Labute approximate surface area is 182 Å². The zero-order valence-corrected chi connectivity index (χ0v) is 17.2. The molecule has 1 aliphatic rings. The van der Waals surface area contributed by atoms with Crippen LogP contribution < -0.4 is 4.72 Å². The summed E-state index contributed by atoms with van der Waals surface area (Å²) >= 11 is 5.87. The lowest BCUT2D eigenvalue weighted by Crippen LogP contribution is -2.32. The number of rotatable bonds is 5. The van der Waals surface area contributed by atoms with E-state index in [-0.39, 0.29) is 27.3 Å². The molecule has 0 bridgehead atoms. The lowest BCUT2D eigenvalue weighted by atomic mass is 10.1. The van der Waals surface area contributed by atoms with Gasteiger partial charge < -0.3 is 4.84 Å². The van der Waals surface area contributed by atoms with Gasteiger partial charge in [-0.25, -0.2) is 13.2 Å². The predicted octanol–water partition coefficient (Wildman–Crippen LogP) is 3.51. The highest BCUT2D eigenvalue weighted by molar-refractivity contribution is 7.92. The van der Waals surface area contributed by atoms with E-state index in [1.165, 1.54) is 42.5 Å². The Kier molecular flexibility index (Phi) is 5.22. The molecule has 0 spiro atoms. The number of hydroxylamine groups is 2. The van der Waals surface area contributed by atoms with Gasteiger partial charge in [0.25, 0.3) is 21.8 Å². The highest BCUT2D eigenvalue weighted by Gasteiger charge is 2.38. The van der Waals surface area contributed by atoms with Crippen molar-refractivity contribution in [2.75, 3.05) is 4.72 Å². The summed E-state index contributed by atoms with van der Waals surface area (Å²) in [5.41, 5.74) is 0.307. The normalized spacial score (nSPS) is 13.1. The number of benzene rings is 3. The van der Waals surface area contributed by atoms with Crippen LogP contribution in [0.3, 0.4) is 0 Å². The van der Waals surface area contributed by atoms with Crippen LogP contribution in [0.5, 0.6) is 0 Å². The van der Waals surface area contributed by atoms with Crippen LogP contribution >= 0.6 is 11.6 Å². The number of fused-ring (bicyclic) bond motifs is 1. The summed E-state index contributed by atoms with van der Waals surface area (Å²) in [6.45, 7) is 0. The van der Waals surface area contributed by atoms with Gasteiger partial charge in [-0.2, -0.15) is 0 Å². The van der Waals surface area contributed by atoms with Crippen LogP contribution in [-0.2, 0) is 14.9 Å². The van der Waals surface area contributed by atoms with Crippen molar-refractivity contribution in [3.63, 3.8) is 0 Å². The molecular formula is C21H13ClN2O6S. The van der Waals surface area contributed by atoms with Gasteiger partial charge in [-0.15, -0.1) is 0 Å². The first-order chi connectivity index (χ1) is 14.8. The fraction of sp³-hybridized carbons (Fsp3) is 0. The van der Waals surface area contributed by atoms with E-state index >= 15 is 0 Å². The number of hydrogen-bond donors (Lipinski definition) is 1. The van der Waals surface area contributed by atoms with Gasteiger partial charge in [0.2, 0.25) is 0 Å². The van der Waals surface area contributed by atoms with E-state index in [1.54, 1.807) is 24.3 Å². The number of nitrogens with zero attached hydrogens (tertiary/aromatic N) is 1. The minimum Gasteiger partial charge on any atom is -0.324 e. The van der Waals surface area contributed by atoms with E-state index in [0.29, 0.717) is 10.1 Å². The van der Waals surface area contributed by atoms with Crippen molar-refractivity contribution in [3.05, 3.63) is 94.5 Å². The lowest BCUT2D eigenvalue weighted by Gasteiger charge is -2.13. The predicted molar refractivity (Wildman–Crippen MR) is 111 cm³/mol. The second-order valence-corrected chi connectivity index (χ2v) is 8.59. The molecule has 1 N–H and O–H groups in total. The van der Waals surface area contributed by atoms with Crippen LogP contribution in [0.15, 0.2) is 77.7 Å². The van der Waals surface area contributed by atoms with E-state index in [4.69, 9.17) is 16.4 Å². The number of carbonyl (C=O) groups excluding carboxylic acids is 3. The average Bonchev–Trinajstić information content (AvgIpc) is 2.99. The Morgan fingerprint density at radius 1 is 0.871 bits per heavy atom. The molecule has 156 valence electrons. The number of anilines is 1. The Morgan fingerprint density at radius 3 is 2.16 bits per heavy atom. The number of nitrogens with one attached hydrogen (secondary N) is 1. The quantitative estimate of drug-likeness (QED) is 0.588. The zero-order valence-electron chi connectivity index (χ0n) is 15.6. The number of hydrogen-bond acceptors (Lipinski definition) is 6. The third-order valence-corrected chi connectivity index (χ3v) is 6.00. The minimum atomic E-state index is -4.04. The molecule has 0 fully saturated rings. The van der Waals surface area contributed by atoms with Crippen LogP contribution in [0.2, 0.25) is 5.02 Å². The standard InChI is InChI=1S/C21H13ClN2O6S/c22-14-6-4-7-15(12-14)23-31(28,29)16-8-3-5-13(11-16)21(27)30-24-19(25)17-9-1-2-10-18(17)20(24)26/h1-12,23H. The largest absolute Gasteiger partial charge is 0.363 e. The molecule has 0 saturated heterocycles. The van der Waals surface area contributed by atoms with Crippen LogP contribution in [0.4, 0.5) is 5.69 Å². The van der Waals surface area contributed by atoms with Gasteiger partial charge in [-0.05, 0) is 48.5 Å². The first-order valence-corrected chi connectivity index (χ1v) is 10.7. The molecule has 4 rings (SSSR count). The van der Waals surface area contributed by atoms with Crippen molar-refractivity contribution < 1.29 is 27.6 Å². The van der Waals surface area contributed by atoms with Gasteiger partial charge >= 0.3 is 5.97 Å². The van der Waals surface area contributed by atoms with Crippen molar-refractivity contribution >= 4 is 45.1 Å². The Hall–Kier alpha value is -3.69. The fourth-order valence-electron chi connectivity index (χ4n) is 2.94. The van der Waals surface area contributed by atoms with Gasteiger partial charge in [-0.3, -0.25) is 14.3 Å². The fourth-order valence-corrected chi connectivity index (χ4v) is 4.23. The van der Waals surface area contributed by atoms with E-state index < -0.39 is 27.8 Å². The summed E-state index contributed by atoms with van der Waals surface area (Å²) in [4.78, 5) is 42.0. The molecular weight excluding hydrogens is 444 g/mol. The number of sulfonamides is 1. The van der Waals surface area contributed by atoms with E-state index in [2.05, 4.69) is 4.72 Å². The van der Waals surface area contributed by atoms with E-state index in [0.717, 1.165) is 6.07 Å². The smallest absolute Gasteiger partial charge is 0.324 e. The molecule has 0 atom stereocenters. The molecule has 3 aromatic rings. The number of amides is 2. The summed E-state index contributed by atoms with van der Waals surface area (Å²) in [6, 6.07) is 17.2. The minimum absolute atomic E-state index is 0.113. The van der Waals surface area contributed by atoms with Crippen LogP contribution in [0.25, 0.3) is 0 Å². The summed E-state index contributed by atoms with van der Waals surface area (Å²) < 4.78 is 27.7. The molecule has 0 saturated carbocycles. The van der Waals surface area contributed by atoms with Crippen molar-refractivity contribution in [1.82, 2.24) is 5.06 Å². The van der Waals surface area contributed by atoms with E-state index in [9.17, 15) is 22.8 Å². The first kappa shape index (κ1) is 20.6. The SMILES string of the molecule is O=C(ON1C(=O)c2ccccc2C1=O)c1cccc(S(=O)(=O)Nc2cccc(Cl)c2)c1. The molecule has 0 aromatic heterocycles.